The zero-order chi connectivity index (χ0) is 10.7. The maximum atomic E-state index is 5.50. The van der Waals surface area contributed by atoms with E-state index in [0.29, 0.717) is 0 Å². The van der Waals surface area contributed by atoms with Gasteiger partial charge in [-0.2, -0.15) is 0 Å². The predicted octanol–water partition coefficient (Wildman–Crippen LogP) is 1.54. The van der Waals surface area contributed by atoms with E-state index >= 15 is 0 Å². The molecule has 2 rings (SSSR count). The lowest BCUT2D eigenvalue weighted by Crippen LogP contribution is -2.29. The van der Waals surface area contributed by atoms with E-state index in [1.165, 1.54) is 0 Å². The Bertz CT molecular complexity index is 425. The molecule has 0 aliphatic carbocycles. The molecule has 2 aromatic heterocycles. The summed E-state index contributed by atoms with van der Waals surface area (Å²) in [6.45, 7) is 2.01. The van der Waals surface area contributed by atoms with Gasteiger partial charge in [0.15, 0.2) is 0 Å². The van der Waals surface area contributed by atoms with Gasteiger partial charge in [-0.25, -0.2) is 5.43 Å². The molecule has 0 aromatic carbocycles. The molecule has 0 fully saturated rings. The SMILES string of the molecule is Cc1ccnc(C(NN)c2ccco2)c1. The lowest BCUT2D eigenvalue weighted by Gasteiger charge is -2.12. The highest BCUT2D eigenvalue weighted by atomic mass is 16.3. The molecule has 3 N–H and O–H groups in total. The summed E-state index contributed by atoms with van der Waals surface area (Å²) in [4.78, 5) is 4.26. The Hall–Kier alpha value is -1.65. The van der Waals surface area contributed by atoms with Crippen molar-refractivity contribution < 1.29 is 4.42 Å². The number of hydrazine groups is 1. The molecule has 0 bridgehead atoms. The van der Waals surface area contributed by atoms with Crippen molar-refractivity contribution in [3.63, 3.8) is 0 Å². The molecule has 1 unspecified atom stereocenters. The zero-order valence-electron chi connectivity index (χ0n) is 8.47. The largest absolute Gasteiger partial charge is 0.467 e. The number of furan rings is 1. The topological polar surface area (TPSA) is 64.1 Å². The molecule has 4 heteroatoms. The quantitative estimate of drug-likeness (QED) is 0.586. The van der Waals surface area contributed by atoms with E-state index in [9.17, 15) is 0 Å². The minimum atomic E-state index is -0.195. The Morgan fingerprint density at radius 1 is 1.47 bits per heavy atom. The van der Waals surface area contributed by atoms with Gasteiger partial charge in [0.2, 0.25) is 0 Å². The minimum absolute atomic E-state index is 0.195. The fraction of sp³-hybridized carbons (Fsp3) is 0.182. The average Bonchev–Trinajstić information content (AvgIpc) is 2.72. The summed E-state index contributed by atoms with van der Waals surface area (Å²) in [6.07, 6.45) is 3.38. The summed E-state index contributed by atoms with van der Waals surface area (Å²) >= 11 is 0. The van der Waals surface area contributed by atoms with Crippen molar-refractivity contribution in [3.8, 4) is 0 Å². The van der Waals surface area contributed by atoms with Crippen LogP contribution in [0.25, 0.3) is 0 Å². The van der Waals surface area contributed by atoms with Gasteiger partial charge in [0.05, 0.1) is 12.0 Å². The molecule has 0 aliphatic rings. The van der Waals surface area contributed by atoms with Gasteiger partial charge in [0.1, 0.15) is 11.8 Å². The maximum Gasteiger partial charge on any atom is 0.128 e. The molecule has 2 heterocycles. The molecule has 15 heavy (non-hydrogen) atoms. The fourth-order valence-electron chi connectivity index (χ4n) is 1.49. The number of nitrogens with zero attached hydrogens (tertiary/aromatic N) is 1. The van der Waals surface area contributed by atoms with Crippen LogP contribution in [-0.4, -0.2) is 4.98 Å². The number of aryl methyl sites for hydroxylation is 1. The van der Waals surface area contributed by atoms with Gasteiger partial charge in [-0.3, -0.25) is 10.8 Å². The van der Waals surface area contributed by atoms with Crippen LogP contribution in [-0.2, 0) is 0 Å². The number of aromatic nitrogens is 1. The maximum absolute atomic E-state index is 5.50. The second-order valence-corrected chi connectivity index (χ2v) is 3.37. The Morgan fingerprint density at radius 2 is 2.33 bits per heavy atom. The van der Waals surface area contributed by atoms with Crippen molar-refractivity contribution >= 4 is 0 Å². The van der Waals surface area contributed by atoms with Gasteiger partial charge in [-0.05, 0) is 36.8 Å². The second-order valence-electron chi connectivity index (χ2n) is 3.37. The monoisotopic (exact) mass is 203 g/mol. The number of nitrogens with one attached hydrogen (secondary N) is 1. The Labute approximate surface area is 88.1 Å². The Morgan fingerprint density at radius 3 is 2.93 bits per heavy atom. The molecular weight excluding hydrogens is 190 g/mol. The summed E-state index contributed by atoms with van der Waals surface area (Å²) < 4.78 is 5.30. The van der Waals surface area contributed by atoms with Crippen LogP contribution in [0.2, 0.25) is 0 Å². The number of rotatable bonds is 3. The third kappa shape index (κ3) is 2.06. The summed E-state index contributed by atoms with van der Waals surface area (Å²) in [5, 5.41) is 0. The van der Waals surface area contributed by atoms with Crippen LogP contribution in [0, 0.1) is 6.92 Å². The first kappa shape index (κ1) is 9.89. The van der Waals surface area contributed by atoms with Crippen LogP contribution in [0.4, 0.5) is 0 Å². The average molecular weight is 203 g/mol. The number of nitrogens with two attached hydrogens (primary N) is 1. The zero-order valence-corrected chi connectivity index (χ0v) is 8.47. The molecule has 78 valence electrons. The molecule has 0 radical (unpaired) electrons. The summed E-state index contributed by atoms with van der Waals surface area (Å²) in [6, 6.07) is 7.43. The smallest absolute Gasteiger partial charge is 0.128 e. The van der Waals surface area contributed by atoms with Crippen molar-refractivity contribution in [1.29, 1.82) is 0 Å². The van der Waals surface area contributed by atoms with Gasteiger partial charge in [-0.1, -0.05) is 0 Å². The number of hydrogen-bond acceptors (Lipinski definition) is 4. The standard InChI is InChI=1S/C11H13N3O/c1-8-4-5-13-9(7-8)11(14-12)10-3-2-6-15-10/h2-7,11,14H,12H2,1H3. The third-order valence-corrected chi connectivity index (χ3v) is 2.23. The molecule has 1 atom stereocenters. The van der Waals surface area contributed by atoms with E-state index in [-0.39, 0.29) is 6.04 Å². The number of pyridine rings is 1. The molecule has 0 saturated carbocycles. The van der Waals surface area contributed by atoms with Crippen LogP contribution < -0.4 is 11.3 Å². The number of hydrogen-bond donors (Lipinski definition) is 2. The molecule has 0 amide bonds. The third-order valence-electron chi connectivity index (χ3n) is 2.23. The molecule has 4 nitrogen and oxygen atoms in total. The second kappa shape index (κ2) is 4.25. The normalized spacial score (nSPS) is 12.7. The first-order valence-corrected chi connectivity index (χ1v) is 4.73. The molecule has 0 saturated heterocycles. The van der Waals surface area contributed by atoms with Crippen LogP contribution in [0.3, 0.4) is 0 Å². The van der Waals surface area contributed by atoms with Gasteiger partial charge in [-0.15, -0.1) is 0 Å². The predicted molar refractivity (Wildman–Crippen MR) is 56.8 cm³/mol. The van der Waals surface area contributed by atoms with E-state index in [1.807, 2.05) is 31.2 Å². The lowest BCUT2D eigenvalue weighted by molar-refractivity contribution is 0.447. The van der Waals surface area contributed by atoms with Crippen molar-refractivity contribution in [2.45, 2.75) is 13.0 Å². The first-order valence-electron chi connectivity index (χ1n) is 4.73. The van der Waals surface area contributed by atoms with Crippen LogP contribution in [0.15, 0.2) is 41.1 Å². The van der Waals surface area contributed by atoms with E-state index in [1.54, 1.807) is 12.5 Å². The summed E-state index contributed by atoms with van der Waals surface area (Å²) in [5.74, 6) is 6.26. The van der Waals surface area contributed by atoms with Gasteiger partial charge < -0.3 is 4.42 Å². The Kier molecular flexibility index (Phi) is 2.80. The van der Waals surface area contributed by atoms with Gasteiger partial charge in [0, 0.05) is 6.20 Å². The van der Waals surface area contributed by atoms with Crippen molar-refractivity contribution in [2.75, 3.05) is 0 Å². The highest BCUT2D eigenvalue weighted by molar-refractivity contribution is 5.23. The lowest BCUT2D eigenvalue weighted by atomic mass is 10.1. The van der Waals surface area contributed by atoms with Crippen molar-refractivity contribution in [2.24, 2.45) is 5.84 Å². The molecular formula is C11H13N3O. The van der Waals surface area contributed by atoms with E-state index in [0.717, 1.165) is 17.0 Å². The van der Waals surface area contributed by atoms with Crippen molar-refractivity contribution in [1.82, 2.24) is 10.4 Å². The fourth-order valence-corrected chi connectivity index (χ4v) is 1.49. The highest BCUT2D eigenvalue weighted by Crippen LogP contribution is 2.20. The van der Waals surface area contributed by atoms with E-state index in [2.05, 4.69) is 10.4 Å². The minimum Gasteiger partial charge on any atom is -0.467 e. The molecule has 0 aliphatic heterocycles. The first-order chi connectivity index (χ1) is 7.31. The van der Waals surface area contributed by atoms with Crippen LogP contribution in [0.1, 0.15) is 23.1 Å². The molecule has 2 aromatic rings. The summed E-state index contributed by atoms with van der Waals surface area (Å²) in [7, 11) is 0. The van der Waals surface area contributed by atoms with Gasteiger partial charge >= 0.3 is 0 Å². The summed E-state index contributed by atoms with van der Waals surface area (Å²) in [5.41, 5.74) is 4.69. The molecule has 0 spiro atoms. The van der Waals surface area contributed by atoms with Crippen LogP contribution in [0.5, 0.6) is 0 Å². The van der Waals surface area contributed by atoms with E-state index < -0.39 is 0 Å². The van der Waals surface area contributed by atoms with Crippen LogP contribution >= 0.6 is 0 Å². The Balaban J connectivity index is 2.35. The van der Waals surface area contributed by atoms with E-state index in [4.69, 9.17) is 10.3 Å². The van der Waals surface area contributed by atoms with Gasteiger partial charge in [0.25, 0.3) is 0 Å². The van der Waals surface area contributed by atoms with Crippen molar-refractivity contribution in [3.05, 3.63) is 53.7 Å². The highest BCUT2D eigenvalue weighted by Gasteiger charge is 2.16.